The molecule has 5 heterocycles. The zero-order chi connectivity index (χ0) is 24.0. The van der Waals surface area contributed by atoms with E-state index < -0.39 is 24.9 Å². The number of halogens is 4. The standard InChI is InChI=1S/C19H21F4N9O2/c20-15(21)19(22,23)10-29-5-7-30(8-6-29)14(33)11-3-4-31(11)17-26-16(24)32-18(27-17)25-13(28-32)12-2-1-9-34-12/h1-2,9,11,15H,3-8,10H2,(H2,24,25,26,27,28)/t11-/m0/s1. The van der Waals surface area contributed by atoms with E-state index in [0.29, 0.717) is 18.7 Å². The molecule has 3 aromatic rings. The van der Waals surface area contributed by atoms with Crippen molar-refractivity contribution in [3.63, 3.8) is 0 Å². The van der Waals surface area contributed by atoms with Crippen LogP contribution in [0.15, 0.2) is 22.8 Å². The Morgan fingerprint density at radius 3 is 2.56 bits per heavy atom. The van der Waals surface area contributed by atoms with Crippen LogP contribution in [-0.2, 0) is 4.79 Å². The zero-order valence-electron chi connectivity index (χ0n) is 17.8. The number of hydrogen-bond acceptors (Lipinski definition) is 9. The summed E-state index contributed by atoms with van der Waals surface area (Å²) in [5.74, 6) is -3.10. The van der Waals surface area contributed by atoms with Gasteiger partial charge in [-0.1, -0.05) is 0 Å². The van der Waals surface area contributed by atoms with E-state index in [1.807, 2.05) is 0 Å². The molecule has 2 aliphatic rings. The third-order valence-corrected chi connectivity index (χ3v) is 5.96. The Hall–Kier alpha value is -3.49. The van der Waals surface area contributed by atoms with Crippen LogP contribution in [0.5, 0.6) is 0 Å². The van der Waals surface area contributed by atoms with Crippen LogP contribution in [-0.4, -0.2) is 97.9 Å². The number of nitrogen functional groups attached to an aromatic ring is 1. The van der Waals surface area contributed by atoms with Crippen molar-refractivity contribution in [1.29, 1.82) is 0 Å². The normalized spacial score (nSPS) is 19.7. The summed E-state index contributed by atoms with van der Waals surface area (Å²) in [6.45, 7) is -0.00112. The molecule has 2 aliphatic heterocycles. The van der Waals surface area contributed by atoms with E-state index in [0.717, 1.165) is 0 Å². The molecule has 0 spiro atoms. The smallest absolute Gasteiger partial charge is 0.319 e. The summed E-state index contributed by atoms with van der Waals surface area (Å²) < 4.78 is 58.1. The molecule has 1 atom stereocenters. The predicted octanol–water partition coefficient (Wildman–Crippen LogP) is 0.985. The zero-order valence-corrected chi connectivity index (χ0v) is 17.8. The van der Waals surface area contributed by atoms with E-state index in [2.05, 4.69) is 20.1 Å². The van der Waals surface area contributed by atoms with Crippen molar-refractivity contribution >= 4 is 23.6 Å². The second-order valence-electron chi connectivity index (χ2n) is 8.17. The van der Waals surface area contributed by atoms with Gasteiger partial charge >= 0.3 is 12.3 Å². The molecule has 5 rings (SSSR count). The summed E-state index contributed by atoms with van der Waals surface area (Å²) in [6, 6.07) is 2.85. The Bertz CT molecular complexity index is 1180. The number of carbonyl (C=O) groups is 1. The molecule has 3 aromatic heterocycles. The van der Waals surface area contributed by atoms with E-state index in [1.165, 1.54) is 15.7 Å². The van der Waals surface area contributed by atoms with Gasteiger partial charge < -0.3 is 20.0 Å². The summed E-state index contributed by atoms with van der Waals surface area (Å²) in [4.78, 5) is 30.5. The van der Waals surface area contributed by atoms with Crippen LogP contribution in [0.25, 0.3) is 17.4 Å². The van der Waals surface area contributed by atoms with Gasteiger partial charge in [-0.25, -0.2) is 8.78 Å². The molecule has 0 aliphatic carbocycles. The highest BCUT2D eigenvalue weighted by molar-refractivity contribution is 5.86. The maximum Gasteiger partial charge on any atom is 0.319 e. The summed E-state index contributed by atoms with van der Waals surface area (Å²) in [6.07, 6.45) is -1.68. The molecular weight excluding hydrogens is 462 g/mol. The first-order valence-corrected chi connectivity index (χ1v) is 10.6. The highest BCUT2D eigenvalue weighted by Crippen LogP contribution is 2.28. The number of furan rings is 1. The van der Waals surface area contributed by atoms with Crippen LogP contribution < -0.4 is 10.6 Å². The molecule has 0 saturated carbocycles. The third kappa shape index (κ3) is 3.99. The van der Waals surface area contributed by atoms with Crippen molar-refractivity contribution in [1.82, 2.24) is 34.4 Å². The number of anilines is 2. The molecule has 2 fully saturated rings. The quantitative estimate of drug-likeness (QED) is 0.512. The summed E-state index contributed by atoms with van der Waals surface area (Å²) in [7, 11) is 0. The van der Waals surface area contributed by atoms with Crippen LogP contribution in [0.3, 0.4) is 0 Å². The van der Waals surface area contributed by atoms with Crippen molar-refractivity contribution in [3.05, 3.63) is 18.4 Å². The number of piperazine rings is 1. The van der Waals surface area contributed by atoms with E-state index in [1.54, 1.807) is 21.9 Å². The lowest BCUT2D eigenvalue weighted by atomic mass is 10.0. The molecular formula is C19H21F4N9O2. The summed E-state index contributed by atoms with van der Waals surface area (Å²) in [5, 5.41) is 4.23. The number of hydrogen-bond donors (Lipinski definition) is 1. The number of carbonyl (C=O) groups excluding carboxylic acids is 1. The SMILES string of the molecule is Nc1nc(N2CC[C@H]2C(=O)N2CCN(CC(F)(F)C(F)F)CC2)nc2nc(-c3ccco3)nn12. The first-order valence-electron chi connectivity index (χ1n) is 10.6. The summed E-state index contributed by atoms with van der Waals surface area (Å²) >= 11 is 0. The Kier molecular flexibility index (Phi) is 5.50. The first kappa shape index (κ1) is 22.3. The molecule has 2 saturated heterocycles. The van der Waals surface area contributed by atoms with Gasteiger partial charge in [0.25, 0.3) is 5.78 Å². The highest BCUT2D eigenvalue weighted by Gasteiger charge is 2.44. The Morgan fingerprint density at radius 1 is 1.18 bits per heavy atom. The number of nitrogens with zero attached hydrogens (tertiary/aromatic N) is 8. The second kappa shape index (κ2) is 8.38. The van der Waals surface area contributed by atoms with Crippen LogP contribution >= 0.6 is 0 Å². The number of amides is 1. The number of nitrogens with two attached hydrogens (primary N) is 1. The van der Waals surface area contributed by atoms with Gasteiger partial charge in [0.05, 0.1) is 12.8 Å². The van der Waals surface area contributed by atoms with Crippen molar-refractivity contribution in [3.8, 4) is 11.6 Å². The number of rotatable bonds is 6. The Morgan fingerprint density at radius 2 is 1.94 bits per heavy atom. The molecule has 2 N–H and O–H groups in total. The van der Waals surface area contributed by atoms with Gasteiger partial charge in [0, 0.05) is 32.7 Å². The summed E-state index contributed by atoms with van der Waals surface area (Å²) in [5.41, 5.74) is 6.03. The van der Waals surface area contributed by atoms with E-state index in [9.17, 15) is 22.4 Å². The molecule has 34 heavy (non-hydrogen) atoms. The number of aromatic nitrogens is 5. The van der Waals surface area contributed by atoms with Crippen LogP contribution in [0.4, 0.5) is 29.5 Å². The monoisotopic (exact) mass is 483 g/mol. The average Bonchev–Trinajstić information content (AvgIpc) is 3.43. The minimum Gasteiger partial charge on any atom is -0.461 e. The molecule has 1 amide bonds. The van der Waals surface area contributed by atoms with E-state index in [-0.39, 0.29) is 55.6 Å². The molecule has 182 valence electrons. The van der Waals surface area contributed by atoms with Gasteiger partial charge in [0.15, 0.2) is 5.76 Å². The number of fused-ring (bicyclic) bond motifs is 1. The molecule has 0 aromatic carbocycles. The van der Waals surface area contributed by atoms with Gasteiger partial charge in [-0.2, -0.15) is 28.2 Å². The lowest BCUT2D eigenvalue weighted by Crippen LogP contribution is -2.61. The molecule has 0 bridgehead atoms. The Labute approximate surface area is 190 Å². The lowest BCUT2D eigenvalue weighted by molar-refractivity contribution is -0.149. The third-order valence-electron chi connectivity index (χ3n) is 5.96. The number of alkyl halides is 4. The fourth-order valence-electron chi connectivity index (χ4n) is 4.02. The van der Waals surface area contributed by atoms with Crippen LogP contribution in [0.2, 0.25) is 0 Å². The molecule has 15 heteroatoms. The van der Waals surface area contributed by atoms with Gasteiger partial charge in [-0.3, -0.25) is 9.69 Å². The van der Waals surface area contributed by atoms with Crippen LogP contribution in [0, 0.1) is 0 Å². The van der Waals surface area contributed by atoms with Crippen molar-refractivity contribution < 1.29 is 26.8 Å². The van der Waals surface area contributed by atoms with Crippen molar-refractivity contribution in [2.75, 3.05) is 49.9 Å². The first-order chi connectivity index (χ1) is 16.2. The largest absolute Gasteiger partial charge is 0.461 e. The Balaban J connectivity index is 1.26. The second-order valence-corrected chi connectivity index (χ2v) is 8.17. The van der Waals surface area contributed by atoms with Crippen molar-refractivity contribution in [2.24, 2.45) is 0 Å². The lowest BCUT2D eigenvalue weighted by Gasteiger charge is -2.44. The maximum absolute atomic E-state index is 13.3. The van der Waals surface area contributed by atoms with Crippen LogP contribution in [0.1, 0.15) is 6.42 Å². The van der Waals surface area contributed by atoms with Gasteiger partial charge in [0.2, 0.25) is 23.6 Å². The predicted molar refractivity (Wildman–Crippen MR) is 110 cm³/mol. The average molecular weight is 483 g/mol. The van der Waals surface area contributed by atoms with Gasteiger partial charge in [0.1, 0.15) is 6.04 Å². The highest BCUT2D eigenvalue weighted by atomic mass is 19.3. The van der Waals surface area contributed by atoms with E-state index >= 15 is 0 Å². The van der Waals surface area contributed by atoms with Gasteiger partial charge in [-0.15, -0.1) is 5.10 Å². The molecule has 0 unspecified atom stereocenters. The van der Waals surface area contributed by atoms with E-state index in [4.69, 9.17) is 10.2 Å². The molecule has 11 nitrogen and oxygen atoms in total. The topological polar surface area (TPSA) is 122 Å². The minimum absolute atomic E-state index is 0.0389. The molecule has 0 radical (unpaired) electrons. The van der Waals surface area contributed by atoms with Crippen molar-refractivity contribution in [2.45, 2.75) is 24.8 Å². The fraction of sp³-hybridized carbons (Fsp3) is 0.526. The maximum atomic E-state index is 13.3. The minimum atomic E-state index is -4.08. The van der Waals surface area contributed by atoms with Gasteiger partial charge in [-0.05, 0) is 18.6 Å². The fourth-order valence-corrected chi connectivity index (χ4v) is 4.02.